The van der Waals surface area contributed by atoms with Gasteiger partial charge in [0.1, 0.15) is 0 Å². The topological polar surface area (TPSA) is 51.9 Å². The maximum atomic E-state index is 5.29. The fraction of sp³-hybridized carbons (Fsp3) is 0.833. The van der Waals surface area contributed by atoms with Crippen molar-refractivity contribution in [3.63, 3.8) is 0 Å². The van der Waals surface area contributed by atoms with Crippen LogP contribution in [0.25, 0.3) is 0 Å². The summed E-state index contributed by atoms with van der Waals surface area (Å²) in [6.07, 6.45) is 13.1. The number of rotatable bonds is 6. The third kappa shape index (κ3) is 6.38. The van der Waals surface area contributed by atoms with Crippen molar-refractivity contribution in [1.29, 1.82) is 0 Å². The van der Waals surface area contributed by atoms with Crippen molar-refractivity contribution >= 4 is 29.9 Å². The molecule has 1 N–H and O–H groups in total. The van der Waals surface area contributed by atoms with E-state index < -0.39 is 0 Å². The van der Waals surface area contributed by atoms with Crippen molar-refractivity contribution in [3.8, 4) is 0 Å². The molecule has 7 nitrogen and oxygen atoms in total. The minimum Gasteiger partial charge on any atom is -0.357 e. The Morgan fingerprint density at radius 1 is 1.12 bits per heavy atom. The van der Waals surface area contributed by atoms with E-state index in [4.69, 9.17) is 4.99 Å². The summed E-state index contributed by atoms with van der Waals surface area (Å²) in [6.45, 7) is 11.2. The number of likely N-dealkylation sites (tertiary alicyclic amines) is 3. The number of piperidine rings is 2. The molecule has 0 radical (unpaired) electrons. The predicted molar refractivity (Wildman–Crippen MR) is 143 cm³/mol. The number of aliphatic imine (C=N–C) groups is 1. The minimum atomic E-state index is 0. The van der Waals surface area contributed by atoms with E-state index in [1.807, 2.05) is 17.9 Å². The molecule has 0 saturated carbocycles. The first-order valence-electron chi connectivity index (χ1n) is 12.5. The Kier molecular flexibility index (Phi) is 9.67. The molecule has 4 heterocycles. The summed E-state index contributed by atoms with van der Waals surface area (Å²) in [4.78, 5) is 13.1. The van der Waals surface area contributed by atoms with Gasteiger partial charge in [-0.1, -0.05) is 6.42 Å². The Morgan fingerprint density at radius 3 is 2.53 bits per heavy atom. The van der Waals surface area contributed by atoms with Crippen LogP contribution >= 0.6 is 24.0 Å². The SMILES string of the molecule is CCNC(=NCC1(N2CCCCC2)CCN(C)CC1)N1CCC(Cc2cnn(C)c2)C1.I. The van der Waals surface area contributed by atoms with Gasteiger partial charge in [0, 0.05) is 38.4 Å². The van der Waals surface area contributed by atoms with Gasteiger partial charge >= 0.3 is 0 Å². The van der Waals surface area contributed by atoms with Crippen LogP contribution in [0.2, 0.25) is 0 Å². The van der Waals surface area contributed by atoms with Crippen LogP contribution in [0.1, 0.15) is 51.0 Å². The smallest absolute Gasteiger partial charge is 0.193 e. The second-order valence-corrected chi connectivity index (χ2v) is 10.1. The molecule has 3 fully saturated rings. The Hall–Kier alpha value is -0.870. The second kappa shape index (κ2) is 12.0. The van der Waals surface area contributed by atoms with Gasteiger partial charge in [-0.15, -0.1) is 24.0 Å². The quantitative estimate of drug-likeness (QED) is 0.331. The highest BCUT2D eigenvalue weighted by atomic mass is 127. The van der Waals surface area contributed by atoms with Gasteiger partial charge in [0.05, 0.1) is 12.7 Å². The number of nitrogens with one attached hydrogen (secondary N) is 1. The molecule has 0 spiro atoms. The molecule has 1 aromatic rings. The molecule has 1 atom stereocenters. The van der Waals surface area contributed by atoms with Crippen LogP contribution in [0.4, 0.5) is 0 Å². The predicted octanol–water partition coefficient (Wildman–Crippen LogP) is 2.82. The zero-order valence-corrected chi connectivity index (χ0v) is 22.8. The van der Waals surface area contributed by atoms with Crippen LogP contribution in [-0.2, 0) is 13.5 Å². The lowest BCUT2D eigenvalue weighted by molar-refractivity contribution is 0.0206. The van der Waals surface area contributed by atoms with Gasteiger partial charge in [0.25, 0.3) is 0 Å². The average molecular weight is 558 g/mol. The Balaban J connectivity index is 0.00000289. The number of aromatic nitrogens is 2. The highest BCUT2D eigenvalue weighted by molar-refractivity contribution is 14.0. The first-order chi connectivity index (χ1) is 15.1. The standard InChI is InChI=1S/C24H43N7.HI/c1-4-25-23(30-13-8-21(19-30)16-22-17-27-29(3)18-22)26-20-24(9-14-28(2)15-10-24)31-11-6-5-7-12-31;/h17-18,21H,4-16,19-20H2,1-3H3,(H,25,26);1H. The minimum absolute atomic E-state index is 0. The number of guanidine groups is 1. The highest BCUT2D eigenvalue weighted by Crippen LogP contribution is 2.32. The molecule has 3 saturated heterocycles. The van der Waals surface area contributed by atoms with Crippen LogP contribution in [0.5, 0.6) is 0 Å². The van der Waals surface area contributed by atoms with Gasteiger partial charge < -0.3 is 15.1 Å². The van der Waals surface area contributed by atoms with Crippen LogP contribution in [0.15, 0.2) is 17.4 Å². The van der Waals surface area contributed by atoms with E-state index in [0.717, 1.165) is 38.6 Å². The summed E-state index contributed by atoms with van der Waals surface area (Å²) in [5.41, 5.74) is 1.61. The van der Waals surface area contributed by atoms with Gasteiger partial charge in [0.2, 0.25) is 0 Å². The van der Waals surface area contributed by atoms with Gasteiger partial charge in [-0.3, -0.25) is 14.6 Å². The molecule has 3 aliphatic heterocycles. The average Bonchev–Trinajstić information content (AvgIpc) is 3.42. The van der Waals surface area contributed by atoms with Crippen LogP contribution in [-0.4, -0.2) is 95.4 Å². The lowest BCUT2D eigenvalue weighted by atomic mass is 9.84. The molecule has 0 bridgehead atoms. The lowest BCUT2D eigenvalue weighted by Crippen LogP contribution is -2.58. The molecule has 8 heteroatoms. The van der Waals surface area contributed by atoms with E-state index in [1.165, 1.54) is 70.3 Å². The van der Waals surface area contributed by atoms with Crippen molar-refractivity contribution in [2.45, 2.75) is 57.4 Å². The zero-order chi connectivity index (χ0) is 21.7. The summed E-state index contributed by atoms with van der Waals surface area (Å²) in [5.74, 6) is 1.82. The Bertz CT molecular complexity index is 720. The fourth-order valence-electron chi connectivity index (χ4n) is 5.73. The lowest BCUT2D eigenvalue weighted by Gasteiger charge is -2.49. The maximum Gasteiger partial charge on any atom is 0.193 e. The maximum absolute atomic E-state index is 5.29. The van der Waals surface area contributed by atoms with Crippen molar-refractivity contribution < 1.29 is 0 Å². The van der Waals surface area contributed by atoms with E-state index in [-0.39, 0.29) is 29.5 Å². The third-order valence-electron chi connectivity index (χ3n) is 7.67. The monoisotopic (exact) mass is 557 g/mol. The van der Waals surface area contributed by atoms with E-state index >= 15 is 0 Å². The molecule has 0 amide bonds. The number of nitrogens with zero attached hydrogens (tertiary/aromatic N) is 6. The molecule has 0 aromatic carbocycles. The second-order valence-electron chi connectivity index (χ2n) is 10.1. The fourth-order valence-corrected chi connectivity index (χ4v) is 5.73. The summed E-state index contributed by atoms with van der Waals surface area (Å²) < 4.78 is 1.91. The molecule has 0 aliphatic carbocycles. The van der Waals surface area contributed by atoms with Crippen LogP contribution in [0.3, 0.4) is 0 Å². The van der Waals surface area contributed by atoms with E-state index in [9.17, 15) is 0 Å². The molecule has 182 valence electrons. The molecular formula is C24H44IN7. The zero-order valence-electron chi connectivity index (χ0n) is 20.4. The van der Waals surface area contributed by atoms with Crippen LogP contribution < -0.4 is 5.32 Å². The van der Waals surface area contributed by atoms with Crippen molar-refractivity contribution in [2.75, 3.05) is 59.4 Å². The number of halogens is 1. The Morgan fingerprint density at radius 2 is 1.88 bits per heavy atom. The van der Waals surface area contributed by atoms with E-state index in [1.54, 1.807) is 0 Å². The third-order valence-corrected chi connectivity index (χ3v) is 7.67. The van der Waals surface area contributed by atoms with Crippen molar-refractivity contribution in [2.24, 2.45) is 18.0 Å². The first-order valence-corrected chi connectivity index (χ1v) is 12.5. The summed E-state index contributed by atoms with van der Waals surface area (Å²) in [7, 11) is 4.27. The summed E-state index contributed by atoms with van der Waals surface area (Å²) in [5, 5.41) is 7.95. The first kappa shape index (κ1) is 25.7. The molecule has 3 aliphatic rings. The van der Waals surface area contributed by atoms with E-state index in [0.29, 0.717) is 5.92 Å². The molecule has 1 unspecified atom stereocenters. The van der Waals surface area contributed by atoms with Crippen molar-refractivity contribution in [3.05, 3.63) is 18.0 Å². The molecular weight excluding hydrogens is 513 g/mol. The number of hydrogen-bond acceptors (Lipinski definition) is 4. The molecule has 4 rings (SSSR count). The largest absolute Gasteiger partial charge is 0.357 e. The number of hydrogen-bond donors (Lipinski definition) is 1. The van der Waals surface area contributed by atoms with Gasteiger partial charge in [-0.05, 0) is 90.2 Å². The summed E-state index contributed by atoms with van der Waals surface area (Å²) >= 11 is 0. The van der Waals surface area contributed by atoms with Crippen LogP contribution in [0, 0.1) is 5.92 Å². The highest BCUT2D eigenvalue weighted by Gasteiger charge is 2.40. The van der Waals surface area contributed by atoms with Gasteiger partial charge in [-0.2, -0.15) is 5.10 Å². The number of aryl methyl sites for hydroxylation is 1. The Labute approximate surface area is 212 Å². The van der Waals surface area contributed by atoms with E-state index in [2.05, 4.69) is 45.3 Å². The summed E-state index contributed by atoms with van der Waals surface area (Å²) in [6, 6.07) is 0. The van der Waals surface area contributed by atoms with Gasteiger partial charge in [0.15, 0.2) is 5.96 Å². The molecule has 32 heavy (non-hydrogen) atoms. The normalized spacial score (nSPS) is 25.0. The van der Waals surface area contributed by atoms with Crippen molar-refractivity contribution in [1.82, 2.24) is 29.8 Å². The van der Waals surface area contributed by atoms with Gasteiger partial charge in [-0.25, -0.2) is 0 Å². The molecule has 1 aromatic heterocycles.